The number of halogens is 2. The number of hydrogen-bond donors (Lipinski definition) is 2. The molecule has 0 radical (unpaired) electrons. The molecule has 10 heteroatoms. The number of nitrogens with zero attached hydrogens (tertiary/aromatic N) is 2. The molecule has 0 amide bonds. The summed E-state index contributed by atoms with van der Waals surface area (Å²) in [6.07, 6.45) is 1.57. The van der Waals surface area contributed by atoms with Gasteiger partial charge in [-0.25, -0.2) is 9.37 Å². The molecule has 3 aromatic rings. The maximum Gasteiger partial charge on any atom is 0.281 e. The average Bonchev–Trinajstić information content (AvgIpc) is 2.92. The van der Waals surface area contributed by atoms with Gasteiger partial charge in [0.1, 0.15) is 5.82 Å². The van der Waals surface area contributed by atoms with E-state index in [4.69, 9.17) is 5.73 Å². The van der Waals surface area contributed by atoms with E-state index in [1.807, 2.05) is 0 Å². The number of imidazole rings is 1. The Bertz CT molecular complexity index is 935. The Morgan fingerprint density at radius 3 is 2.90 bits per heavy atom. The lowest BCUT2D eigenvalue weighted by molar-refractivity contribution is 0.597. The molecule has 3 rings (SSSR count). The lowest BCUT2D eigenvalue weighted by atomic mass is 10.3. The minimum atomic E-state index is -3.94. The van der Waals surface area contributed by atoms with E-state index in [1.54, 1.807) is 11.6 Å². The van der Waals surface area contributed by atoms with Crippen molar-refractivity contribution in [2.24, 2.45) is 0 Å². The number of nitrogens with two attached hydrogens (primary N) is 1. The van der Waals surface area contributed by atoms with Crippen molar-refractivity contribution in [1.29, 1.82) is 0 Å². The van der Waals surface area contributed by atoms with Crippen LogP contribution in [0.25, 0.3) is 4.96 Å². The average molecular weight is 391 g/mol. The third-order valence-corrected chi connectivity index (χ3v) is 5.45. The highest BCUT2D eigenvalue weighted by Gasteiger charge is 2.24. The Morgan fingerprint density at radius 1 is 1.43 bits per heavy atom. The second-order valence-corrected chi connectivity index (χ2v) is 7.42. The van der Waals surface area contributed by atoms with Gasteiger partial charge in [0.15, 0.2) is 10.8 Å². The fraction of sp³-hybridized carbons (Fsp3) is 0. The molecule has 0 fully saturated rings. The van der Waals surface area contributed by atoms with E-state index >= 15 is 0 Å². The van der Waals surface area contributed by atoms with E-state index in [0.29, 0.717) is 4.96 Å². The summed E-state index contributed by atoms with van der Waals surface area (Å²) >= 11 is 4.27. The normalized spacial score (nSPS) is 11.9. The molecule has 0 aliphatic carbocycles. The van der Waals surface area contributed by atoms with Crippen molar-refractivity contribution < 1.29 is 12.8 Å². The summed E-state index contributed by atoms with van der Waals surface area (Å²) in [6, 6.07) is 3.80. The van der Waals surface area contributed by atoms with Gasteiger partial charge in [-0.2, -0.15) is 8.42 Å². The zero-order valence-corrected chi connectivity index (χ0v) is 13.5. The molecule has 2 heterocycles. The van der Waals surface area contributed by atoms with Crippen LogP contribution in [0.4, 0.5) is 15.9 Å². The standard InChI is InChI=1S/C11H8BrFN4O2S2/c12-7-5-6(1-2-8(7)13)16-21(18,19)10-9(14)15-11-17(10)3-4-20-11/h1-5,16H,14H2. The molecular formula is C11H8BrFN4O2S2. The first-order valence-electron chi connectivity index (χ1n) is 5.57. The summed E-state index contributed by atoms with van der Waals surface area (Å²) in [5.74, 6) is -0.572. The van der Waals surface area contributed by atoms with Crippen molar-refractivity contribution in [2.75, 3.05) is 10.5 Å². The zero-order chi connectivity index (χ0) is 15.2. The predicted octanol–water partition coefficient (Wildman–Crippen LogP) is 2.68. The highest BCUT2D eigenvalue weighted by molar-refractivity contribution is 9.10. The van der Waals surface area contributed by atoms with Crippen LogP contribution in [0.2, 0.25) is 0 Å². The summed E-state index contributed by atoms with van der Waals surface area (Å²) in [7, 11) is -3.94. The van der Waals surface area contributed by atoms with Gasteiger partial charge in [0.05, 0.1) is 10.2 Å². The van der Waals surface area contributed by atoms with Gasteiger partial charge in [-0.15, -0.1) is 11.3 Å². The van der Waals surface area contributed by atoms with Gasteiger partial charge in [-0.05, 0) is 34.1 Å². The second kappa shape index (κ2) is 4.97. The molecule has 0 atom stereocenters. The van der Waals surface area contributed by atoms with Crippen LogP contribution in [-0.2, 0) is 10.0 Å². The Balaban J connectivity index is 2.06. The van der Waals surface area contributed by atoms with Crippen LogP contribution < -0.4 is 10.5 Å². The molecule has 0 spiro atoms. The van der Waals surface area contributed by atoms with E-state index in [9.17, 15) is 12.8 Å². The van der Waals surface area contributed by atoms with Crippen LogP contribution in [0.15, 0.2) is 39.3 Å². The van der Waals surface area contributed by atoms with Crippen LogP contribution >= 0.6 is 27.3 Å². The molecule has 0 unspecified atom stereocenters. The minimum Gasteiger partial charge on any atom is -0.381 e. The fourth-order valence-corrected chi connectivity index (χ4v) is 4.23. The first-order valence-corrected chi connectivity index (χ1v) is 8.73. The van der Waals surface area contributed by atoms with Crippen LogP contribution in [0.1, 0.15) is 0 Å². The molecule has 2 aromatic heterocycles. The molecule has 0 bridgehead atoms. The molecule has 0 saturated heterocycles. The number of aromatic nitrogens is 2. The van der Waals surface area contributed by atoms with E-state index in [1.165, 1.54) is 27.9 Å². The number of thiazole rings is 1. The maximum atomic E-state index is 13.2. The Labute approximate surface area is 131 Å². The third kappa shape index (κ3) is 2.49. The topological polar surface area (TPSA) is 89.5 Å². The molecule has 0 saturated carbocycles. The number of hydrogen-bond acceptors (Lipinski definition) is 5. The van der Waals surface area contributed by atoms with Crippen LogP contribution in [0.3, 0.4) is 0 Å². The zero-order valence-electron chi connectivity index (χ0n) is 10.2. The van der Waals surface area contributed by atoms with Gasteiger partial charge in [-0.3, -0.25) is 9.12 Å². The van der Waals surface area contributed by atoms with E-state index < -0.39 is 15.8 Å². The highest BCUT2D eigenvalue weighted by atomic mass is 79.9. The van der Waals surface area contributed by atoms with E-state index in [0.717, 1.165) is 6.07 Å². The number of fused-ring (bicyclic) bond motifs is 1. The van der Waals surface area contributed by atoms with Gasteiger partial charge >= 0.3 is 0 Å². The lowest BCUT2D eigenvalue weighted by Gasteiger charge is -2.08. The summed E-state index contributed by atoms with van der Waals surface area (Å²) in [6.45, 7) is 0. The van der Waals surface area contributed by atoms with Crippen LogP contribution in [0, 0.1) is 5.82 Å². The molecule has 3 N–H and O–H groups in total. The molecule has 21 heavy (non-hydrogen) atoms. The molecular weight excluding hydrogens is 383 g/mol. The van der Waals surface area contributed by atoms with E-state index in [2.05, 4.69) is 25.6 Å². The van der Waals surface area contributed by atoms with Gasteiger partial charge in [0.2, 0.25) is 5.03 Å². The number of rotatable bonds is 3. The Morgan fingerprint density at radius 2 is 2.19 bits per heavy atom. The largest absolute Gasteiger partial charge is 0.381 e. The summed E-state index contributed by atoms with van der Waals surface area (Å²) in [5.41, 5.74) is 5.89. The second-order valence-electron chi connectivity index (χ2n) is 4.09. The number of benzene rings is 1. The predicted molar refractivity (Wildman–Crippen MR) is 82.4 cm³/mol. The lowest BCUT2D eigenvalue weighted by Crippen LogP contribution is -2.16. The third-order valence-electron chi connectivity index (χ3n) is 2.67. The molecule has 0 aliphatic rings. The Hall–Kier alpha value is -1.65. The van der Waals surface area contributed by atoms with Crippen molar-refractivity contribution >= 4 is 53.8 Å². The van der Waals surface area contributed by atoms with Crippen molar-refractivity contribution in [3.05, 3.63) is 40.1 Å². The molecule has 1 aromatic carbocycles. The van der Waals surface area contributed by atoms with Crippen LogP contribution in [0.5, 0.6) is 0 Å². The van der Waals surface area contributed by atoms with Gasteiger partial charge < -0.3 is 5.73 Å². The monoisotopic (exact) mass is 390 g/mol. The van der Waals surface area contributed by atoms with Crippen molar-refractivity contribution in [2.45, 2.75) is 5.03 Å². The molecule has 110 valence electrons. The van der Waals surface area contributed by atoms with Crippen molar-refractivity contribution in [1.82, 2.24) is 9.38 Å². The van der Waals surface area contributed by atoms with Gasteiger partial charge in [0, 0.05) is 11.6 Å². The fourth-order valence-electron chi connectivity index (χ4n) is 1.81. The van der Waals surface area contributed by atoms with Crippen molar-refractivity contribution in [3.63, 3.8) is 0 Å². The first kappa shape index (κ1) is 14.3. The summed E-state index contributed by atoms with van der Waals surface area (Å²) in [4.78, 5) is 4.46. The molecule has 0 aliphatic heterocycles. The quantitative estimate of drug-likeness (QED) is 0.719. The summed E-state index contributed by atoms with van der Waals surface area (Å²) in [5, 5.41) is 1.56. The van der Waals surface area contributed by atoms with Gasteiger partial charge in [0.25, 0.3) is 10.0 Å². The highest BCUT2D eigenvalue weighted by Crippen LogP contribution is 2.27. The van der Waals surface area contributed by atoms with Crippen LogP contribution in [-0.4, -0.2) is 17.8 Å². The first-order chi connectivity index (χ1) is 9.88. The number of nitrogen functional groups attached to an aromatic ring is 1. The van der Waals surface area contributed by atoms with Crippen molar-refractivity contribution in [3.8, 4) is 0 Å². The minimum absolute atomic E-state index is 0.0875. The summed E-state index contributed by atoms with van der Waals surface area (Å²) < 4.78 is 41.9. The molecule has 6 nitrogen and oxygen atoms in total. The number of sulfonamides is 1. The number of nitrogens with one attached hydrogen (secondary N) is 1. The smallest absolute Gasteiger partial charge is 0.281 e. The number of anilines is 2. The van der Waals surface area contributed by atoms with E-state index in [-0.39, 0.29) is 21.0 Å². The van der Waals surface area contributed by atoms with Gasteiger partial charge in [-0.1, -0.05) is 0 Å². The Kier molecular flexibility index (Phi) is 3.38. The SMILES string of the molecule is Nc1nc2sccn2c1S(=O)(=O)Nc1ccc(F)c(Br)c1. The maximum absolute atomic E-state index is 13.2.